The topological polar surface area (TPSA) is 74.7 Å². The molecule has 1 N–H and O–H groups in total. The first-order valence-corrected chi connectivity index (χ1v) is 7.76. The molecule has 0 saturated carbocycles. The zero-order chi connectivity index (χ0) is 17.3. The van der Waals surface area contributed by atoms with Crippen LogP contribution in [0.25, 0.3) is 0 Å². The minimum Gasteiger partial charge on any atom is -0.481 e. The summed E-state index contributed by atoms with van der Waals surface area (Å²) in [7, 11) is 0. The van der Waals surface area contributed by atoms with Gasteiger partial charge in [0.1, 0.15) is 0 Å². The van der Waals surface area contributed by atoms with Crippen LogP contribution in [0, 0.1) is 0 Å². The number of hydrogen-bond donors (Lipinski definition) is 1. The van der Waals surface area contributed by atoms with Crippen molar-refractivity contribution >= 4 is 17.8 Å². The molecule has 2 aromatic rings. The SMILES string of the molecule is CC(C(=O)O)c1ccc(CCN2C(=O)c3ccccc3C2=O)cc1. The van der Waals surface area contributed by atoms with E-state index in [0.717, 1.165) is 11.1 Å². The van der Waals surface area contributed by atoms with E-state index in [2.05, 4.69) is 0 Å². The first-order chi connectivity index (χ1) is 11.5. The lowest BCUT2D eigenvalue weighted by molar-refractivity contribution is -0.138. The van der Waals surface area contributed by atoms with Crippen LogP contribution in [-0.4, -0.2) is 34.3 Å². The molecule has 5 nitrogen and oxygen atoms in total. The predicted molar refractivity (Wildman–Crippen MR) is 88.0 cm³/mol. The van der Waals surface area contributed by atoms with Crippen LogP contribution in [0.5, 0.6) is 0 Å². The molecule has 0 aliphatic carbocycles. The molecule has 3 rings (SSSR count). The van der Waals surface area contributed by atoms with E-state index in [9.17, 15) is 14.4 Å². The lowest BCUT2D eigenvalue weighted by Gasteiger charge is -2.14. The van der Waals surface area contributed by atoms with Crippen LogP contribution >= 0.6 is 0 Å². The maximum absolute atomic E-state index is 12.3. The monoisotopic (exact) mass is 323 g/mol. The lowest BCUT2D eigenvalue weighted by Crippen LogP contribution is -2.31. The molecule has 122 valence electrons. The van der Waals surface area contributed by atoms with E-state index in [0.29, 0.717) is 24.1 Å². The zero-order valence-corrected chi connectivity index (χ0v) is 13.2. The van der Waals surface area contributed by atoms with Gasteiger partial charge in [0.25, 0.3) is 11.8 Å². The van der Waals surface area contributed by atoms with Gasteiger partial charge in [-0.2, -0.15) is 0 Å². The standard InChI is InChI=1S/C19H17NO4/c1-12(19(23)24)14-8-6-13(7-9-14)10-11-20-17(21)15-4-2-3-5-16(15)18(20)22/h2-9,12H,10-11H2,1H3,(H,23,24). The van der Waals surface area contributed by atoms with E-state index < -0.39 is 11.9 Å². The summed E-state index contributed by atoms with van der Waals surface area (Å²) in [5, 5.41) is 9.01. The number of carboxylic acids is 1. The Labute approximate surface area is 139 Å². The Morgan fingerprint density at radius 2 is 1.54 bits per heavy atom. The minimum atomic E-state index is -0.867. The van der Waals surface area contributed by atoms with Crippen LogP contribution < -0.4 is 0 Å². The number of rotatable bonds is 5. The summed E-state index contributed by atoms with van der Waals surface area (Å²) in [5.74, 6) is -1.94. The number of fused-ring (bicyclic) bond motifs is 1. The van der Waals surface area contributed by atoms with Gasteiger partial charge in [-0.25, -0.2) is 0 Å². The third-order valence-corrected chi connectivity index (χ3v) is 4.35. The van der Waals surface area contributed by atoms with Crippen molar-refractivity contribution in [1.82, 2.24) is 4.90 Å². The summed E-state index contributed by atoms with van der Waals surface area (Å²) in [4.78, 5) is 36.8. The first-order valence-electron chi connectivity index (χ1n) is 7.76. The molecule has 5 heteroatoms. The van der Waals surface area contributed by atoms with E-state index in [1.54, 1.807) is 43.3 Å². The van der Waals surface area contributed by atoms with Gasteiger partial charge in [-0.1, -0.05) is 36.4 Å². The van der Waals surface area contributed by atoms with Gasteiger partial charge < -0.3 is 5.11 Å². The maximum Gasteiger partial charge on any atom is 0.310 e. The molecule has 1 atom stereocenters. The van der Waals surface area contributed by atoms with E-state index in [-0.39, 0.29) is 11.8 Å². The number of imide groups is 1. The van der Waals surface area contributed by atoms with Gasteiger partial charge in [0.2, 0.25) is 0 Å². The van der Waals surface area contributed by atoms with Crippen molar-refractivity contribution in [3.8, 4) is 0 Å². The Balaban J connectivity index is 1.68. The third-order valence-electron chi connectivity index (χ3n) is 4.35. The Morgan fingerprint density at radius 3 is 2.04 bits per heavy atom. The number of aliphatic carboxylic acids is 1. The van der Waals surface area contributed by atoms with E-state index in [1.165, 1.54) is 4.90 Å². The fourth-order valence-electron chi connectivity index (χ4n) is 2.80. The lowest BCUT2D eigenvalue weighted by atomic mass is 9.99. The van der Waals surface area contributed by atoms with Crippen molar-refractivity contribution in [2.75, 3.05) is 6.54 Å². The van der Waals surface area contributed by atoms with E-state index >= 15 is 0 Å². The van der Waals surface area contributed by atoms with Crippen molar-refractivity contribution in [2.45, 2.75) is 19.3 Å². The summed E-state index contributed by atoms with van der Waals surface area (Å²) in [6, 6.07) is 14.0. The van der Waals surface area contributed by atoms with Crippen LogP contribution in [0.4, 0.5) is 0 Å². The van der Waals surface area contributed by atoms with Gasteiger partial charge in [0.05, 0.1) is 17.0 Å². The fourth-order valence-corrected chi connectivity index (χ4v) is 2.80. The van der Waals surface area contributed by atoms with Crippen molar-refractivity contribution in [1.29, 1.82) is 0 Å². The Kier molecular flexibility index (Phi) is 4.16. The zero-order valence-electron chi connectivity index (χ0n) is 13.2. The average molecular weight is 323 g/mol. The second-order valence-electron chi connectivity index (χ2n) is 5.86. The molecule has 2 amide bonds. The van der Waals surface area contributed by atoms with Crippen LogP contribution in [-0.2, 0) is 11.2 Å². The van der Waals surface area contributed by atoms with Crippen molar-refractivity contribution in [3.63, 3.8) is 0 Å². The molecular formula is C19H17NO4. The van der Waals surface area contributed by atoms with Crippen molar-refractivity contribution < 1.29 is 19.5 Å². The van der Waals surface area contributed by atoms with Gasteiger partial charge in [-0.05, 0) is 36.6 Å². The average Bonchev–Trinajstić information content (AvgIpc) is 2.84. The normalized spacial score (nSPS) is 14.6. The Hall–Kier alpha value is -2.95. The van der Waals surface area contributed by atoms with Crippen molar-refractivity contribution in [2.24, 2.45) is 0 Å². The second kappa shape index (κ2) is 6.28. The summed E-state index contributed by atoms with van der Waals surface area (Å²) >= 11 is 0. The van der Waals surface area contributed by atoms with Gasteiger partial charge in [-0.15, -0.1) is 0 Å². The highest BCUT2D eigenvalue weighted by atomic mass is 16.4. The smallest absolute Gasteiger partial charge is 0.310 e. The highest BCUT2D eigenvalue weighted by Gasteiger charge is 2.34. The molecule has 0 bridgehead atoms. The molecule has 1 aliphatic heterocycles. The van der Waals surface area contributed by atoms with Crippen LogP contribution in [0.3, 0.4) is 0 Å². The number of benzene rings is 2. The largest absolute Gasteiger partial charge is 0.481 e. The molecule has 0 radical (unpaired) electrons. The van der Waals surface area contributed by atoms with Gasteiger partial charge in [-0.3, -0.25) is 19.3 Å². The summed E-state index contributed by atoms with van der Waals surface area (Å²) in [6.45, 7) is 1.94. The molecule has 24 heavy (non-hydrogen) atoms. The Morgan fingerprint density at radius 1 is 1.00 bits per heavy atom. The van der Waals surface area contributed by atoms with Crippen molar-refractivity contribution in [3.05, 3.63) is 70.8 Å². The number of nitrogens with zero attached hydrogens (tertiary/aromatic N) is 1. The molecule has 0 spiro atoms. The quantitative estimate of drug-likeness (QED) is 0.859. The second-order valence-corrected chi connectivity index (χ2v) is 5.86. The Bertz CT molecular complexity index is 775. The number of amides is 2. The summed E-state index contributed by atoms with van der Waals surface area (Å²) < 4.78 is 0. The van der Waals surface area contributed by atoms with Gasteiger partial charge in [0.15, 0.2) is 0 Å². The summed E-state index contributed by atoms with van der Waals surface area (Å²) in [6.07, 6.45) is 0.535. The number of hydrogen-bond acceptors (Lipinski definition) is 3. The third kappa shape index (κ3) is 2.80. The minimum absolute atomic E-state index is 0.258. The highest BCUT2D eigenvalue weighted by molar-refractivity contribution is 6.21. The molecule has 1 unspecified atom stereocenters. The molecule has 1 aliphatic rings. The summed E-state index contributed by atoms with van der Waals surface area (Å²) in [5.41, 5.74) is 2.58. The number of carbonyl (C=O) groups is 3. The van der Waals surface area contributed by atoms with Crippen LogP contribution in [0.2, 0.25) is 0 Å². The van der Waals surface area contributed by atoms with Gasteiger partial charge >= 0.3 is 5.97 Å². The molecule has 2 aromatic carbocycles. The maximum atomic E-state index is 12.3. The molecule has 0 aromatic heterocycles. The molecule has 0 fully saturated rings. The predicted octanol–water partition coefficient (Wildman–Crippen LogP) is 2.71. The number of carbonyl (C=O) groups excluding carboxylic acids is 2. The van der Waals surface area contributed by atoms with Gasteiger partial charge in [0, 0.05) is 6.54 Å². The van der Waals surface area contributed by atoms with Crippen LogP contribution in [0.15, 0.2) is 48.5 Å². The molecule has 0 saturated heterocycles. The molecule has 1 heterocycles. The van der Waals surface area contributed by atoms with Crippen LogP contribution in [0.1, 0.15) is 44.7 Å². The fraction of sp³-hybridized carbons (Fsp3) is 0.211. The van der Waals surface area contributed by atoms with E-state index in [1.807, 2.05) is 12.1 Å². The van der Waals surface area contributed by atoms with E-state index in [4.69, 9.17) is 5.11 Å². The highest BCUT2D eigenvalue weighted by Crippen LogP contribution is 2.23. The molecular weight excluding hydrogens is 306 g/mol. The first kappa shape index (κ1) is 15.9. The number of carboxylic acid groups (broad SMARTS) is 1.